The number of hydrogen-bond donors (Lipinski definition) is 1. The van der Waals surface area contributed by atoms with Crippen LogP contribution in [0, 0.1) is 17.2 Å². The Morgan fingerprint density at radius 1 is 1.83 bits per heavy atom. The van der Waals surface area contributed by atoms with E-state index in [-0.39, 0.29) is 12.0 Å². The van der Waals surface area contributed by atoms with Gasteiger partial charge in [-0.3, -0.25) is 4.99 Å². The van der Waals surface area contributed by atoms with Crippen LogP contribution in [0.5, 0.6) is 0 Å². The van der Waals surface area contributed by atoms with E-state index in [2.05, 4.69) is 16.4 Å². The van der Waals surface area contributed by atoms with Gasteiger partial charge < -0.3 is 5.32 Å². The van der Waals surface area contributed by atoms with Crippen molar-refractivity contribution in [3.63, 3.8) is 0 Å². The molecule has 0 aliphatic carbocycles. The van der Waals surface area contributed by atoms with Gasteiger partial charge in [-0.1, -0.05) is 23.8 Å². The SMILES string of the molecule is CC1=NC(C=S)C(C#N)C(Cl)N1. The molecule has 0 amide bonds. The molecular weight excluding hydrogens is 194 g/mol. The first-order valence-corrected chi connectivity index (χ1v) is 4.39. The van der Waals surface area contributed by atoms with Crippen molar-refractivity contribution in [2.75, 3.05) is 0 Å². The van der Waals surface area contributed by atoms with Gasteiger partial charge in [0.15, 0.2) is 0 Å². The smallest absolute Gasteiger partial charge is 0.121 e. The van der Waals surface area contributed by atoms with Crippen LogP contribution in [0.3, 0.4) is 0 Å². The maximum absolute atomic E-state index is 8.74. The highest BCUT2D eigenvalue weighted by atomic mass is 35.5. The molecule has 0 aromatic carbocycles. The first kappa shape index (κ1) is 9.43. The summed E-state index contributed by atoms with van der Waals surface area (Å²) in [6, 6.07) is 1.82. The highest BCUT2D eigenvalue weighted by molar-refractivity contribution is 7.79. The number of rotatable bonds is 1. The number of nitrogens with zero attached hydrogens (tertiary/aromatic N) is 2. The van der Waals surface area contributed by atoms with Crippen LogP contribution in [0.25, 0.3) is 0 Å². The fraction of sp³-hybridized carbons (Fsp3) is 0.571. The maximum Gasteiger partial charge on any atom is 0.121 e. The highest BCUT2D eigenvalue weighted by Crippen LogP contribution is 2.18. The zero-order chi connectivity index (χ0) is 9.14. The minimum Gasteiger partial charge on any atom is -0.357 e. The molecule has 5 heteroatoms. The first-order valence-electron chi connectivity index (χ1n) is 3.49. The Labute approximate surface area is 81.4 Å². The summed E-state index contributed by atoms with van der Waals surface area (Å²) in [5.74, 6) is 0.362. The Morgan fingerprint density at radius 2 is 2.50 bits per heavy atom. The molecule has 0 fully saturated rings. The summed E-state index contributed by atoms with van der Waals surface area (Å²) in [6.45, 7) is 1.80. The van der Waals surface area contributed by atoms with Crippen molar-refractivity contribution in [1.29, 1.82) is 5.26 Å². The van der Waals surface area contributed by atoms with E-state index in [9.17, 15) is 0 Å². The van der Waals surface area contributed by atoms with Gasteiger partial charge in [-0.2, -0.15) is 5.26 Å². The van der Waals surface area contributed by atoms with E-state index in [1.54, 1.807) is 6.92 Å². The van der Waals surface area contributed by atoms with Gasteiger partial charge in [0.2, 0.25) is 0 Å². The summed E-state index contributed by atoms with van der Waals surface area (Å²) in [4.78, 5) is 4.14. The van der Waals surface area contributed by atoms with E-state index in [0.717, 1.165) is 5.84 Å². The summed E-state index contributed by atoms with van der Waals surface area (Å²) < 4.78 is 0. The van der Waals surface area contributed by atoms with Crippen molar-refractivity contribution in [2.45, 2.75) is 18.5 Å². The molecule has 1 N–H and O–H groups in total. The number of amidine groups is 1. The second-order valence-electron chi connectivity index (χ2n) is 2.54. The van der Waals surface area contributed by atoms with Crippen molar-refractivity contribution in [1.82, 2.24) is 5.32 Å². The van der Waals surface area contributed by atoms with Crippen molar-refractivity contribution in [2.24, 2.45) is 10.9 Å². The number of aliphatic imine (C=N–C) groups is 1. The zero-order valence-corrected chi connectivity index (χ0v) is 8.06. The zero-order valence-electron chi connectivity index (χ0n) is 6.49. The fourth-order valence-electron chi connectivity index (χ4n) is 1.06. The number of thiocarbonyl (C=S) groups is 1. The molecule has 1 aliphatic rings. The molecule has 1 rings (SSSR count). The van der Waals surface area contributed by atoms with Gasteiger partial charge >= 0.3 is 0 Å². The molecule has 64 valence electrons. The lowest BCUT2D eigenvalue weighted by Crippen LogP contribution is -2.45. The topological polar surface area (TPSA) is 48.2 Å². The third kappa shape index (κ3) is 1.74. The molecule has 0 radical (unpaired) electrons. The average molecular weight is 202 g/mol. The summed E-state index contributed by atoms with van der Waals surface area (Å²) in [5.41, 5.74) is -0.392. The van der Waals surface area contributed by atoms with E-state index in [0.29, 0.717) is 0 Å². The molecule has 0 saturated heterocycles. The van der Waals surface area contributed by atoms with E-state index in [1.807, 2.05) is 0 Å². The predicted molar refractivity (Wildman–Crippen MR) is 52.4 cm³/mol. The quantitative estimate of drug-likeness (QED) is 0.393. The van der Waals surface area contributed by atoms with Crippen LogP contribution >= 0.6 is 23.8 Å². The fourth-order valence-corrected chi connectivity index (χ4v) is 1.65. The van der Waals surface area contributed by atoms with Gasteiger partial charge in [-0.25, -0.2) is 0 Å². The van der Waals surface area contributed by atoms with Gasteiger partial charge in [-0.15, -0.1) is 0 Å². The van der Waals surface area contributed by atoms with E-state index in [1.165, 1.54) is 5.37 Å². The van der Waals surface area contributed by atoms with E-state index < -0.39 is 5.50 Å². The number of hydrogen-bond acceptors (Lipinski definition) is 4. The van der Waals surface area contributed by atoms with Crippen LogP contribution in [0.1, 0.15) is 6.92 Å². The van der Waals surface area contributed by atoms with Crippen molar-refractivity contribution < 1.29 is 0 Å². The largest absolute Gasteiger partial charge is 0.357 e. The van der Waals surface area contributed by atoms with Crippen molar-refractivity contribution in [3.8, 4) is 6.07 Å². The Bertz CT molecular complexity index is 258. The molecule has 0 bridgehead atoms. The summed E-state index contributed by atoms with van der Waals surface area (Å²) in [5, 5.41) is 13.1. The molecule has 3 unspecified atom stereocenters. The highest BCUT2D eigenvalue weighted by Gasteiger charge is 2.30. The monoisotopic (exact) mass is 201 g/mol. The Balaban J connectivity index is 2.88. The van der Waals surface area contributed by atoms with E-state index >= 15 is 0 Å². The molecule has 0 saturated carbocycles. The summed E-state index contributed by atoms with van der Waals surface area (Å²) in [6.07, 6.45) is 0. The molecule has 1 heterocycles. The lowest BCUT2D eigenvalue weighted by Gasteiger charge is -2.26. The Kier molecular flexibility index (Phi) is 3.01. The number of halogens is 1. The Morgan fingerprint density at radius 3 is 3.00 bits per heavy atom. The molecule has 0 spiro atoms. The second-order valence-corrected chi connectivity index (χ2v) is 3.28. The van der Waals surface area contributed by atoms with Crippen molar-refractivity contribution in [3.05, 3.63) is 0 Å². The maximum atomic E-state index is 8.74. The van der Waals surface area contributed by atoms with Crippen LogP contribution in [0.2, 0.25) is 0 Å². The minimum absolute atomic E-state index is 0.256. The summed E-state index contributed by atoms with van der Waals surface area (Å²) >= 11 is 10.6. The first-order chi connectivity index (χ1) is 5.69. The van der Waals surface area contributed by atoms with Crippen molar-refractivity contribution >= 4 is 35.0 Å². The molecule has 12 heavy (non-hydrogen) atoms. The molecule has 0 aromatic heterocycles. The average Bonchev–Trinajstić information content (AvgIpc) is 2.03. The normalized spacial score (nSPS) is 34.4. The lowest BCUT2D eigenvalue weighted by molar-refractivity contribution is 0.532. The summed E-state index contributed by atoms with van der Waals surface area (Å²) in [7, 11) is 0. The lowest BCUT2D eigenvalue weighted by atomic mass is 10.0. The van der Waals surface area contributed by atoms with Gasteiger partial charge in [0.05, 0.1) is 17.9 Å². The second kappa shape index (κ2) is 3.83. The van der Waals surface area contributed by atoms with Gasteiger partial charge in [0.1, 0.15) is 11.4 Å². The third-order valence-electron chi connectivity index (χ3n) is 1.66. The molecule has 1 aliphatic heterocycles. The van der Waals surface area contributed by atoms with Crippen LogP contribution < -0.4 is 5.32 Å². The molecule has 3 atom stereocenters. The minimum atomic E-state index is -0.392. The number of nitriles is 1. The van der Waals surface area contributed by atoms with Crippen LogP contribution in [0.4, 0.5) is 0 Å². The van der Waals surface area contributed by atoms with Crippen LogP contribution in [-0.2, 0) is 0 Å². The standard InChI is InChI=1S/C7H8ClN3S/c1-4-10-6(3-12)5(2-9)7(8)11-4/h3,5-7H,1H3,(H,10,11). The van der Waals surface area contributed by atoms with Crippen LogP contribution in [-0.4, -0.2) is 22.7 Å². The molecule has 3 nitrogen and oxygen atoms in total. The molecule has 0 aromatic rings. The Hall–Kier alpha value is -0.660. The van der Waals surface area contributed by atoms with Gasteiger partial charge in [-0.05, 0) is 6.92 Å². The number of alkyl halides is 1. The number of nitrogens with one attached hydrogen (secondary N) is 1. The van der Waals surface area contributed by atoms with Gasteiger partial charge in [0, 0.05) is 5.37 Å². The van der Waals surface area contributed by atoms with Crippen LogP contribution in [0.15, 0.2) is 4.99 Å². The molecular formula is C7H8ClN3S. The van der Waals surface area contributed by atoms with Gasteiger partial charge in [0.25, 0.3) is 0 Å². The predicted octanol–water partition coefficient (Wildman–Crippen LogP) is 1.08. The van der Waals surface area contributed by atoms with E-state index in [4.69, 9.17) is 29.1 Å². The third-order valence-corrected chi connectivity index (χ3v) is 2.32.